The Kier molecular flexibility index (Phi) is 10.9. The van der Waals surface area contributed by atoms with Gasteiger partial charge in [-0.15, -0.1) is 0 Å². The summed E-state index contributed by atoms with van der Waals surface area (Å²) in [5.41, 5.74) is 2.96. The van der Waals surface area contributed by atoms with Crippen molar-refractivity contribution in [3.63, 3.8) is 0 Å². The summed E-state index contributed by atoms with van der Waals surface area (Å²) in [4.78, 5) is 38.5. The Hall–Kier alpha value is -3.31. The molecule has 2 aliphatic rings. The predicted molar refractivity (Wildman–Crippen MR) is 158 cm³/mol. The van der Waals surface area contributed by atoms with Gasteiger partial charge in [-0.1, -0.05) is 48.5 Å². The molecule has 0 saturated carbocycles. The summed E-state index contributed by atoms with van der Waals surface area (Å²) in [6.45, 7) is 10.0. The number of likely N-dealkylation sites (tertiary alicyclic amines) is 1. The highest BCUT2D eigenvalue weighted by molar-refractivity contribution is 5.82. The van der Waals surface area contributed by atoms with Crippen LogP contribution in [0.4, 0.5) is 0 Å². The molecule has 10 nitrogen and oxygen atoms in total. The van der Waals surface area contributed by atoms with Gasteiger partial charge in [0, 0.05) is 32.0 Å². The van der Waals surface area contributed by atoms with Gasteiger partial charge in [-0.2, -0.15) is 0 Å². The van der Waals surface area contributed by atoms with Crippen LogP contribution in [-0.4, -0.2) is 64.8 Å². The molecular weight excluding hydrogens is 552 g/mol. The molecule has 2 N–H and O–H groups in total. The van der Waals surface area contributed by atoms with E-state index in [1.165, 1.54) is 13.8 Å². The Labute approximate surface area is 253 Å². The normalized spacial score (nSPS) is 23.4. The quantitative estimate of drug-likeness (QED) is 0.390. The van der Waals surface area contributed by atoms with E-state index in [-0.39, 0.29) is 43.3 Å². The summed E-state index contributed by atoms with van der Waals surface area (Å²) in [6, 6.07) is 15.0. The summed E-state index contributed by atoms with van der Waals surface area (Å²) in [7, 11) is 0. The zero-order chi connectivity index (χ0) is 31.1. The second-order valence-electron chi connectivity index (χ2n) is 12.2. The number of esters is 2. The maximum absolute atomic E-state index is 13.0. The molecule has 0 aromatic heterocycles. The molecule has 2 aromatic rings. The van der Waals surface area contributed by atoms with Crippen LogP contribution in [0.3, 0.4) is 0 Å². The summed E-state index contributed by atoms with van der Waals surface area (Å²) in [6.07, 6.45) is 0.317. The Morgan fingerprint density at radius 3 is 2.30 bits per heavy atom. The van der Waals surface area contributed by atoms with Gasteiger partial charge in [-0.25, -0.2) is 0 Å². The maximum Gasteiger partial charge on any atom is 0.323 e. The number of hydrogen-bond donors (Lipinski definition) is 2. The van der Waals surface area contributed by atoms with E-state index in [1.807, 2.05) is 69.3 Å². The molecule has 0 unspecified atom stereocenters. The molecule has 10 heteroatoms. The summed E-state index contributed by atoms with van der Waals surface area (Å²) in [5.74, 6) is -1.08. The van der Waals surface area contributed by atoms with E-state index >= 15 is 0 Å². The van der Waals surface area contributed by atoms with Gasteiger partial charge in [-0.05, 0) is 63.8 Å². The van der Waals surface area contributed by atoms with Gasteiger partial charge in [0.25, 0.3) is 5.91 Å². The molecule has 234 valence electrons. The Morgan fingerprint density at radius 2 is 1.67 bits per heavy atom. The molecule has 2 aromatic carbocycles. The summed E-state index contributed by atoms with van der Waals surface area (Å²) < 4.78 is 23.6. The first kappa shape index (κ1) is 32.6. The minimum Gasteiger partial charge on any atom is -0.459 e. The van der Waals surface area contributed by atoms with E-state index in [1.54, 1.807) is 0 Å². The lowest BCUT2D eigenvalue weighted by molar-refractivity contribution is -0.253. The average Bonchev–Trinajstić information content (AvgIpc) is 3.43. The lowest BCUT2D eigenvalue weighted by Gasteiger charge is -2.38. The van der Waals surface area contributed by atoms with Crippen LogP contribution < -0.4 is 5.32 Å². The van der Waals surface area contributed by atoms with Crippen LogP contribution >= 0.6 is 0 Å². The molecule has 2 fully saturated rings. The van der Waals surface area contributed by atoms with Gasteiger partial charge < -0.3 is 29.4 Å². The molecule has 2 heterocycles. The van der Waals surface area contributed by atoms with E-state index in [0.29, 0.717) is 13.0 Å². The molecule has 2 aliphatic heterocycles. The Bertz CT molecular complexity index is 1240. The third kappa shape index (κ3) is 9.34. The number of benzene rings is 2. The van der Waals surface area contributed by atoms with Gasteiger partial charge in [0.05, 0.1) is 18.8 Å². The first-order valence-corrected chi connectivity index (χ1v) is 14.9. The van der Waals surface area contributed by atoms with Crippen LogP contribution in [0.15, 0.2) is 48.5 Å². The second kappa shape index (κ2) is 14.4. The van der Waals surface area contributed by atoms with Crippen LogP contribution in [0.5, 0.6) is 0 Å². The molecular formula is C33H44N2O8. The minimum absolute atomic E-state index is 0.0311. The highest BCUT2D eigenvalue weighted by Gasteiger charge is 2.38. The van der Waals surface area contributed by atoms with E-state index in [4.69, 9.17) is 18.9 Å². The fourth-order valence-corrected chi connectivity index (χ4v) is 5.40. The van der Waals surface area contributed by atoms with Gasteiger partial charge in [0.15, 0.2) is 12.4 Å². The standard InChI is InChI=1S/C33H44N2O8/c1-21(40-22(2)37)30(38)34-18-23-8-14-26(15-9-23)32-41-27(17-29(42-32)25-12-10-24(20-36)11-13-25)19-35-16-6-7-28(35)31(39)43-33(3,4)5/h8-15,21,27-29,32,36H,6-7,16-20H2,1-5H3,(H,34,38)/t21-,27-,28-,29+,32+/m0/s1. The van der Waals surface area contributed by atoms with Crippen molar-refractivity contribution in [1.29, 1.82) is 0 Å². The van der Waals surface area contributed by atoms with Crippen LogP contribution in [0.1, 0.15) is 88.5 Å². The third-order valence-corrected chi connectivity index (χ3v) is 7.53. The number of aliphatic hydroxyl groups excluding tert-OH is 1. The molecule has 2 saturated heterocycles. The second-order valence-corrected chi connectivity index (χ2v) is 12.2. The van der Waals surface area contributed by atoms with Crippen LogP contribution in [-0.2, 0) is 46.5 Å². The number of rotatable bonds is 10. The van der Waals surface area contributed by atoms with Crippen molar-refractivity contribution >= 4 is 17.8 Å². The summed E-state index contributed by atoms with van der Waals surface area (Å²) in [5, 5.41) is 12.3. The Morgan fingerprint density at radius 1 is 1.02 bits per heavy atom. The number of ether oxygens (including phenoxy) is 4. The topological polar surface area (TPSA) is 124 Å². The minimum atomic E-state index is -0.869. The first-order chi connectivity index (χ1) is 20.4. The number of carbonyl (C=O) groups excluding carboxylic acids is 3. The van der Waals surface area contributed by atoms with E-state index in [9.17, 15) is 19.5 Å². The van der Waals surface area contributed by atoms with Crippen LogP contribution in [0.25, 0.3) is 0 Å². The van der Waals surface area contributed by atoms with E-state index in [0.717, 1.165) is 41.6 Å². The SMILES string of the molecule is CC(=O)O[C@@H](C)C(=O)NCc1ccc([C@@H]2O[C@H](CN3CCC[C@H]3C(=O)OC(C)(C)C)C[C@H](c3ccc(CO)cc3)O2)cc1. The monoisotopic (exact) mass is 596 g/mol. The van der Waals surface area contributed by atoms with Gasteiger partial charge >= 0.3 is 11.9 Å². The lowest BCUT2D eigenvalue weighted by Crippen LogP contribution is -2.45. The largest absolute Gasteiger partial charge is 0.459 e. The number of nitrogens with one attached hydrogen (secondary N) is 1. The number of carbonyl (C=O) groups is 3. The molecule has 1 amide bonds. The third-order valence-electron chi connectivity index (χ3n) is 7.53. The fourth-order valence-electron chi connectivity index (χ4n) is 5.40. The van der Waals surface area contributed by atoms with Crippen molar-refractivity contribution in [2.45, 2.75) is 103 Å². The number of hydrogen-bond acceptors (Lipinski definition) is 9. The van der Waals surface area contributed by atoms with Crippen molar-refractivity contribution < 1.29 is 38.4 Å². The van der Waals surface area contributed by atoms with Crippen molar-refractivity contribution in [1.82, 2.24) is 10.2 Å². The van der Waals surface area contributed by atoms with Crippen LogP contribution in [0, 0.1) is 0 Å². The van der Waals surface area contributed by atoms with Crippen molar-refractivity contribution in [2.75, 3.05) is 13.1 Å². The van der Waals surface area contributed by atoms with Crippen LogP contribution in [0.2, 0.25) is 0 Å². The average molecular weight is 597 g/mol. The van der Waals surface area contributed by atoms with Gasteiger partial charge in [0.1, 0.15) is 11.6 Å². The maximum atomic E-state index is 13.0. The zero-order valence-corrected chi connectivity index (χ0v) is 25.7. The smallest absolute Gasteiger partial charge is 0.323 e. The lowest BCUT2D eigenvalue weighted by atomic mass is 9.99. The fraction of sp³-hybridized carbons (Fsp3) is 0.545. The number of nitrogens with zero attached hydrogens (tertiary/aromatic N) is 1. The zero-order valence-electron chi connectivity index (χ0n) is 25.7. The number of aliphatic hydroxyl groups is 1. The molecule has 5 atom stereocenters. The van der Waals surface area contributed by atoms with Crippen molar-refractivity contribution in [3.05, 3.63) is 70.8 Å². The van der Waals surface area contributed by atoms with E-state index in [2.05, 4.69) is 10.2 Å². The highest BCUT2D eigenvalue weighted by Crippen LogP contribution is 2.39. The molecule has 0 bridgehead atoms. The summed E-state index contributed by atoms with van der Waals surface area (Å²) >= 11 is 0. The van der Waals surface area contributed by atoms with Crippen molar-refractivity contribution in [2.24, 2.45) is 0 Å². The molecule has 0 spiro atoms. The molecule has 43 heavy (non-hydrogen) atoms. The van der Waals surface area contributed by atoms with Gasteiger partial charge in [0.2, 0.25) is 0 Å². The Balaban J connectivity index is 1.47. The highest BCUT2D eigenvalue weighted by atomic mass is 16.7. The predicted octanol–water partition coefficient (Wildman–Crippen LogP) is 4.10. The first-order valence-electron chi connectivity index (χ1n) is 14.9. The molecule has 0 aliphatic carbocycles. The molecule has 0 radical (unpaired) electrons. The molecule has 4 rings (SSSR count). The van der Waals surface area contributed by atoms with E-state index < -0.39 is 24.0 Å². The van der Waals surface area contributed by atoms with Gasteiger partial charge in [-0.3, -0.25) is 19.3 Å². The van der Waals surface area contributed by atoms with Crippen molar-refractivity contribution in [3.8, 4) is 0 Å². The number of amides is 1.